The Kier molecular flexibility index (Phi) is 4.76. The molecule has 4 aromatic rings. The van der Waals surface area contributed by atoms with Crippen LogP contribution >= 0.6 is 0 Å². The van der Waals surface area contributed by atoms with Gasteiger partial charge in [0, 0.05) is 35.4 Å². The van der Waals surface area contributed by atoms with E-state index < -0.39 is 5.60 Å². The zero-order valence-electron chi connectivity index (χ0n) is 16.6. The number of aliphatic hydroxyl groups is 1. The Hall–Kier alpha value is -3.91. The molecule has 3 aromatic heterocycles. The number of carbonyl (C=O) groups excluding carboxylic acids is 1. The van der Waals surface area contributed by atoms with Gasteiger partial charge in [-0.15, -0.1) is 10.2 Å². The summed E-state index contributed by atoms with van der Waals surface area (Å²) in [7, 11) is 0. The largest absolute Gasteiger partial charge is 0.388 e. The molecule has 8 heteroatoms. The first-order chi connectivity index (χ1) is 15.1. The molecule has 0 saturated heterocycles. The number of benzene rings is 1. The molecule has 0 aliphatic heterocycles. The first-order valence-electron chi connectivity index (χ1n) is 9.98. The maximum Gasteiger partial charge on any atom is 0.274 e. The van der Waals surface area contributed by atoms with Crippen LogP contribution in [0.2, 0.25) is 0 Å². The summed E-state index contributed by atoms with van der Waals surface area (Å²) in [6, 6.07) is 14.7. The molecule has 0 spiro atoms. The van der Waals surface area contributed by atoms with Crippen LogP contribution in [0.4, 0.5) is 5.69 Å². The molecule has 154 valence electrons. The van der Waals surface area contributed by atoms with E-state index >= 15 is 0 Å². The van der Waals surface area contributed by atoms with Crippen LogP contribution in [0.3, 0.4) is 0 Å². The van der Waals surface area contributed by atoms with E-state index in [1.54, 1.807) is 31.0 Å². The number of nitrogens with one attached hydrogen (secondary N) is 1. The van der Waals surface area contributed by atoms with Crippen LogP contribution in [-0.2, 0) is 6.54 Å². The van der Waals surface area contributed by atoms with Crippen LogP contribution in [0.15, 0.2) is 73.4 Å². The Labute approximate surface area is 178 Å². The van der Waals surface area contributed by atoms with Gasteiger partial charge in [-0.1, -0.05) is 18.2 Å². The average Bonchev–Trinajstić information content (AvgIpc) is 3.35. The van der Waals surface area contributed by atoms with Crippen molar-refractivity contribution in [3.8, 4) is 22.5 Å². The third kappa shape index (κ3) is 4.19. The summed E-state index contributed by atoms with van der Waals surface area (Å²) in [6.07, 6.45) is 8.24. The van der Waals surface area contributed by atoms with Crippen molar-refractivity contribution < 1.29 is 9.90 Å². The van der Waals surface area contributed by atoms with Crippen LogP contribution in [0, 0.1) is 0 Å². The number of nitrogens with zero attached hydrogens (tertiary/aromatic N) is 5. The first-order valence-corrected chi connectivity index (χ1v) is 9.98. The number of carbonyl (C=O) groups is 1. The lowest BCUT2D eigenvalue weighted by atomic mass is 10.1. The summed E-state index contributed by atoms with van der Waals surface area (Å²) in [5.41, 5.74) is 2.86. The average molecular weight is 412 g/mol. The number of amides is 1. The van der Waals surface area contributed by atoms with E-state index in [1.165, 1.54) is 0 Å². The van der Waals surface area contributed by atoms with E-state index in [0.717, 1.165) is 29.5 Å². The minimum absolute atomic E-state index is 0.309. The molecule has 1 saturated carbocycles. The Morgan fingerprint density at radius 1 is 1.06 bits per heavy atom. The van der Waals surface area contributed by atoms with Crippen LogP contribution < -0.4 is 5.32 Å². The SMILES string of the molecule is O=C(Nc1cccc(-c2nncn2CC2(O)CC2)c1)c1cc(-c2cccnc2)ccn1. The smallest absolute Gasteiger partial charge is 0.274 e. The summed E-state index contributed by atoms with van der Waals surface area (Å²) in [4.78, 5) is 21.1. The summed E-state index contributed by atoms with van der Waals surface area (Å²) >= 11 is 0. The minimum Gasteiger partial charge on any atom is -0.388 e. The molecule has 0 bridgehead atoms. The third-order valence-electron chi connectivity index (χ3n) is 5.27. The zero-order chi connectivity index (χ0) is 21.3. The van der Waals surface area contributed by atoms with Crippen molar-refractivity contribution >= 4 is 11.6 Å². The van der Waals surface area contributed by atoms with Crippen molar-refractivity contribution in [2.24, 2.45) is 0 Å². The second-order valence-electron chi connectivity index (χ2n) is 7.71. The fourth-order valence-electron chi connectivity index (χ4n) is 3.41. The fourth-order valence-corrected chi connectivity index (χ4v) is 3.41. The van der Waals surface area contributed by atoms with Crippen LogP contribution in [0.25, 0.3) is 22.5 Å². The van der Waals surface area contributed by atoms with Crippen molar-refractivity contribution in [1.29, 1.82) is 0 Å². The highest BCUT2D eigenvalue weighted by Crippen LogP contribution is 2.37. The summed E-state index contributed by atoms with van der Waals surface area (Å²) in [5, 5.41) is 21.3. The van der Waals surface area contributed by atoms with E-state index in [0.29, 0.717) is 23.8 Å². The molecule has 1 fully saturated rings. The van der Waals surface area contributed by atoms with Crippen molar-refractivity contribution in [3.05, 3.63) is 79.1 Å². The predicted molar refractivity (Wildman–Crippen MR) is 115 cm³/mol. The van der Waals surface area contributed by atoms with E-state index in [4.69, 9.17) is 0 Å². The molecule has 5 rings (SSSR count). The number of pyridine rings is 2. The van der Waals surface area contributed by atoms with Gasteiger partial charge in [-0.2, -0.15) is 0 Å². The molecular weight excluding hydrogens is 392 g/mol. The summed E-state index contributed by atoms with van der Waals surface area (Å²) in [6.45, 7) is 0.455. The molecule has 0 atom stereocenters. The number of aromatic nitrogens is 5. The number of hydrogen-bond acceptors (Lipinski definition) is 6. The molecule has 2 N–H and O–H groups in total. The van der Waals surface area contributed by atoms with Crippen molar-refractivity contribution in [2.45, 2.75) is 25.0 Å². The number of rotatable bonds is 6. The fraction of sp³-hybridized carbons (Fsp3) is 0.174. The van der Waals surface area contributed by atoms with Crippen LogP contribution in [-0.4, -0.2) is 41.3 Å². The van der Waals surface area contributed by atoms with Gasteiger partial charge < -0.3 is 15.0 Å². The highest BCUT2D eigenvalue weighted by atomic mass is 16.3. The van der Waals surface area contributed by atoms with Gasteiger partial charge in [0.2, 0.25) is 0 Å². The third-order valence-corrected chi connectivity index (χ3v) is 5.27. The quantitative estimate of drug-likeness (QED) is 0.504. The Morgan fingerprint density at radius 2 is 1.94 bits per heavy atom. The predicted octanol–water partition coefficient (Wildman–Crippen LogP) is 3.18. The second-order valence-corrected chi connectivity index (χ2v) is 7.71. The highest BCUT2D eigenvalue weighted by molar-refractivity contribution is 6.03. The van der Waals surface area contributed by atoms with Crippen LogP contribution in [0.1, 0.15) is 23.3 Å². The molecule has 0 unspecified atom stereocenters. The Morgan fingerprint density at radius 3 is 2.74 bits per heavy atom. The molecule has 1 aliphatic rings. The minimum atomic E-state index is -0.659. The van der Waals surface area contributed by atoms with E-state index in [2.05, 4.69) is 25.5 Å². The molecule has 3 heterocycles. The van der Waals surface area contributed by atoms with Crippen molar-refractivity contribution in [1.82, 2.24) is 24.7 Å². The van der Waals surface area contributed by atoms with E-state index in [1.807, 2.05) is 47.0 Å². The topological polar surface area (TPSA) is 106 Å². The first kappa shape index (κ1) is 19.1. The lowest BCUT2D eigenvalue weighted by Gasteiger charge is -2.12. The number of anilines is 1. The molecular formula is C23H20N6O2. The monoisotopic (exact) mass is 412 g/mol. The Bertz CT molecular complexity index is 1230. The molecule has 1 aliphatic carbocycles. The van der Waals surface area contributed by atoms with Crippen molar-refractivity contribution in [2.75, 3.05) is 5.32 Å². The van der Waals surface area contributed by atoms with Gasteiger partial charge in [0.1, 0.15) is 12.0 Å². The van der Waals surface area contributed by atoms with Gasteiger partial charge in [-0.05, 0) is 48.7 Å². The van der Waals surface area contributed by atoms with Gasteiger partial charge in [-0.25, -0.2) is 0 Å². The standard InChI is InChI=1S/C23H20N6O2/c30-22(20-12-16(6-10-25-20)18-4-2-9-24-13-18)27-19-5-1-3-17(11-19)21-28-26-15-29(21)14-23(31)7-8-23/h1-6,9-13,15,31H,7-8,14H2,(H,27,30). The lowest BCUT2D eigenvalue weighted by Crippen LogP contribution is -2.17. The normalized spacial score (nSPS) is 14.2. The number of hydrogen-bond donors (Lipinski definition) is 2. The highest BCUT2D eigenvalue weighted by Gasteiger charge is 2.41. The maximum atomic E-state index is 12.8. The maximum absolute atomic E-state index is 12.8. The zero-order valence-corrected chi connectivity index (χ0v) is 16.6. The van der Waals surface area contributed by atoms with Crippen LogP contribution in [0.5, 0.6) is 0 Å². The van der Waals surface area contributed by atoms with Gasteiger partial charge in [0.15, 0.2) is 5.82 Å². The summed E-state index contributed by atoms with van der Waals surface area (Å²) < 4.78 is 1.84. The molecule has 31 heavy (non-hydrogen) atoms. The van der Waals surface area contributed by atoms with Gasteiger partial charge in [-0.3, -0.25) is 14.8 Å². The second kappa shape index (κ2) is 7.73. The molecule has 8 nitrogen and oxygen atoms in total. The van der Waals surface area contributed by atoms with Gasteiger partial charge in [0.25, 0.3) is 5.91 Å². The van der Waals surface area contributed by atoms with Crippen molar-refractivity contribution in [3.63, 3.8) is 0 Å². The molecule has 0 radical (unpaired) electrons. The van der Waals surface area contributed by atoms with Gasteiger partial charge >= 0.3 is 0 Å². The lowest BCUT2D eigenvalue weighted by molar-refractivity contribution is 0.102. The molecule has 1 amide bonds. The molecule has 1 aromatic carbocycles. The Balaban J connectivity index is 1.36. The summed E-state index contributed by atoms with van der Waals surface area (Å²) in [5.74, 6) is 0.338. The van der Waals surface area contributed by atoms with E-state index in [-0.39, 0.29) is 5.91 Å². The van der Waals surface area contributed by atoms with Gasteiger partial charge in [0.05, 0.1) is 12.1 Å². The van der Waals surface area contributed by atoms with E-state index in [9.17, 15) is 9.90 Å².